The molecule has 0 atom stereocenters. The zero-order valence-electron chi connectivity index (χ0n) is 14.4. The number of anilines is 1. The third-order valence-corrected chi connectivity index (χ3v) is 4.39. The van der Waals surface area contributed by atoms with Crippen molar-refractivity contribution in [3.8, 4) is 5.75 Å². The van der Waals surface area contributed by atoms with E-state index in [-0.39, 0.29) is 33.3 Å². The van der Waals surface area contributed by atoms with E-state index in [1.807, 2.05) is 0 Å². The van der Waals surface area contributed by atoms with Crippen LogP contribution in [0.1, 0.15) is 10.4 Å². The second kappa shape index (κ2) is 10.4. The molecule has 2 aromatic rings. The molecule has 27 heavy (non-hydrogen) atoms. The number of carbonyl (C=O) groups is 2. The van der Waals surface area contributed by atoms with Crippen molar-refractivity contribution in [2.45, 2.75) is 0 Å². The lowest BCUT2D eigenvalue weighted by atomic mass is 10.1. The van der Waals surface area contributed by atoms with Gasteiger partial charge in [-0.2, -0.15) is 0 Å². The highest BCUT2D eigenvalue weighted by atomic mass is 35.5. The van der Waals surface area contributed by atoms with Gasteiger partial charge in [0.15, 0.2) is 6.61 Å². The van der Waals surface area contributed by atoms with Crippen LogP contribution in [0.25, 0.3) is 0 Å². The van der Waals surface area contributed by atoms with Crippen LogP contribution in [0, 0.1) is 0 Å². The smallest absolute Gasteiger partial charge is 0.262 e. The summed E-state index contributed by atoms with van der Waals surface area (Å²) >= 11 is 17.8. The minimum atomic E-state index is -0.464. The van der Waals surface area contributed by atoms with Gasteiger partial charge in [0.25, 0.3) is 11.8 Å². The SMILES string of the molecule is COCCNC(=O)c1ccccc1NC(=O)COc1cc(Cl)c(Cl)cc1Cl. The molecule has 0 aliphatic rings. The van der Waals surface area contributed by atoms with E-state index >= 15 is 0 Å². The number of para-hydroxylation sites is 1. The molecule has 144 valence electrons. The van der Waals surface area contributed by atoms with Gasteiger partial charge in [-0.1, -0.05) is 46.9 Å². The van der Waals surface area contributed by atoms with Gasteiger partial charge in [-0.15, -0.1) is 0 Å². The van der Waals surface area contributed by atoms with Gasteiger partial charge in [0.2, 0.25) is 0 Å². The number of ether oxygens (including phenoxy) is 2. The van der Waals surface area contributed by atoms with Gasteiger partial charge in [-0.05, 0) is 18.2 Å². The number of halogens is 3. The Morgan fingerprint density at radius 3 is 2.48 bits per heavy atom. The van der Waals surface area contributed by atoms with Crippen LogP contribution in [0.3, 0.4) is 0 Å². The fourth-order valence-electron chi connectivity index (χ4n) is 2.10. The van der Waals surface area contributed by atoms with Crippen LogP contribution >= 0.6 is 34.8 Å². The van der Waals surface area contributed by atoms with E-state index < -0.39 is 5.91 Å². The molecule has 2 amide bonds. The van der Waals surface area contributed by atoms with Crippen LogP contribution in [-0.4, -0.2) is 38.7 Å². The third-order valence-electron chi connectivity index (χ3n) is 3.37. The first-order chi connectivity index (χ1) is 12.9. The quantitative estimate of drug-likeness (QED) is 0.488. The van der Waals surface area contributed by atoms with Crippen molar-refractivity contribution in [2.75, 3.05) is 32.2 Å². The van der Waals surface area contributed by atoms with E-state index in [4.69, 9.17) is 44.3 Å². The Hall–Kier alpha value is -1.99. The molecule has 0 fully saturated rings. The monoisotopic (exact) mass is 430 g/mol. The number of hydrogen-bond acceptors (Lipinski definition) is 4. The molecule has 9 heteroatoms. The molecule has 0 radical (unpaired) electrons. The van der Waals surface area contributed by atoms with E-state index in [0.29, 0.717) is 24.4 Å². The maximum atomic E-state index is 12.2. The first-order valence-electron chi connectivity index (χ1n) is 7.85. The summed E-state index contributed by atoms with van der Waals surface area (Å²) in [7, 11) is 1.54. The summed E-state index contributed by atoms with van der Waals surface area (Å²) in [5.41, 5.74) is 0.691. The molecular formula is C18H17Cl3N2O4. The average molecular weight is 432 g/mol. The highest BCUT2D eigenvalue weighted by Crippen LogP contribution is 2.33. The largest absolute Gasteiger partial charge is 0.482 e. The lowest BCUT2D eigenvalue weighted by Crippen LogP contribution is -2.29. The molecule has 0 bridgehead atoms. The molecule has 0 heterocycles. The summed E-state index contributed by atoms with van der Waals surface area (Å²) in [5, 5.41) is 6.11. The van der Waals surface area contributed by atoms with Gasteiger partial charge in [0.1, 0.15) is 5.75 Å². The number of rotatable bonds is 8. The number of methoxy groups -OCH3 is 1. The number of benzene rings is 2. The van der Waals surface area contributed by atoms with Gasteiger partial charge in [-0.25, -0.2) is 0 Å². The Bertz CT molecular complexity index is 830. The fraction of sp³-hybridized carbons (Fsp3) is 0.222. The number of hydrogen-bond donors (Lipinski definition) is 2. The van der Waals surface area contributed by atoms with E-state index in [9.17, 15) is 9.59 Å². The van der Waals surface area contributed by atoms with Crippen LogP contribution < -0.4 is 15.4 Å². The van der Waals surface area contributed by atoms with Crippen LogP contribution in [0.5, 0.6) is 5.75 Å². The Labute approximate surface area is 171 Å². The van der Waals surface area contributed by atoms with Crippen LogP contribution in [-0.2, 0) is 9.53 Å². The lowest BCUT2D eigenvalue weighted by molar-refractivity contribution is -0.118. The Kier molecular flexibility index (Phi) is 8.19. The van der Waals surface area contributed by atoms with Crippen LogP contribution in [0.2, 0.25) is 15.1 Å². The first kappa shape index (κ1) is 21.3. The van der Waals surface area contributed by atoms with E-state index in [0.717, 1.165) is 0 Å². The highest BCUT2D eigenvalue weighted by molar-refractivity contribution is 6.43. The van der Waals surface area contributed by atoms with E-state index in [1.54, 1.807) is 31.4 Å². The fourth-order valence-corrected chi connectivity index (χ4v) is 2.69. The second-order valence-corrected chi connectivity index (χ2v) is 6.55. The molecule has 2 aromatic carbocycles. The lowest BCUT2D eigenvalue weighted by Gasteiger charge is -2.12. The summed E-state index contributed by atoms with van der Waals surface area (Å²) < 4.78 is 10.3. The molecule has 0 aromatic heterocycles. The van der Waals surface area contributed by atoms with Crippen molar-refractivity contribution in [3.63, 3.8) is 0 Å². The average Bonchev–Trinajstić information content (AvgIpc) is 2.64. The highest BCUT2D eigenvalue weighted by Gasteiger charge is 2.14. The van der Waals surface area contributed by atoms with E-state index in [1.165, 1.54) is 12.1 Å². The van der Waals surface area contributed by atoms with Crippen LogP contribution in [0.15, 0.2) is 36.4 Å². The summed E-state index contributed by atoms with van der Waals surface area (Å²) in [5.74, 6) is -0.558. The summed E-state index contributed by atoms with van der Waals surface area (Å²) in [6, 6.07) is 9.49. The first-order valence-corrected chi connectivity index (χ1v) is 8.99. The standard InChI is InChI=1S/C18H17Cl3N2O4/c1-26-7-6-22-18(25)11-4-2-3-5-15(11)23-17(24)10-27-16-9-13(20)12(19)8-14(16)21/h2-5,8-9H,6-7,10H2,1H3,(H,22,25)(H,23,24). The topological polar surface area (TPSA) is 76.7 Å². The van der Waals surface area contributed by atoms with Gasteiger partial charge in [0, 0.05) is 19.7 Å². The molecule has 0 aliphatic carbocycles. The summed E-state index contributed by atoms with van der Waals surface area (Å²) in [6.45, 7) is 0.423. The maximum absolute atomic E-state index is 12.2. The molecule has 0 saturated carbocycles. The number of amides is 2. The minimum absolute atomic E-state index is 0.229. The zero-order chi connectivity index (χ0) is 19.8. The van der Waals surface area contributed by atoms with Gasteiger partial charge in [-0.3, -0.25) is 9.59 Å². The third kappa shape index (κ3) is 6.29. The van der Waals surface area contributed by atoms with Crippen molar-refractivity contribution < 1.29 is 19.1 Å². The summed E-state index contributed by atoms with van der Waals surface area (Å²) in [6.07, 6.45) is 0. The second-order valence-electron chi connectivity index (χ2n) is 5.33. The normalized spacial score (nSPS) is 10.4. The molecule has 0 aliphatic heterocycles. The van der Waals surface area contributed by atoms with Gasteiger partial charge >= 0.3 is 0 Å². The molecule has 2 N–H and O–H groups in total. The molecule has 6 nitrogen and oxygen atoms in total. The maximum Gasteiger partial charge on any atom is 0.262 e. The molecule has 0 unspecified atom stereocenters. The number of carbonyl (C=O) groups excluding carboxylic acids is 2. The Morgan fingerprint density at radius 2 is 1.74 bits per heavy atom. The van der Waals surface area contributed by atoms with Crippen molar-refractivity contribution in [1.29, 1.82) is 0 Å². The Balaban J connectivity index is 2.00. The summed E-state index contributed by atoms with van der Waals surface area (Å²) in [4.78, 5) is 24.4. The molecule has 2 rings (SSSR count). The van der Waals surface area contributed by atoms with Crippen molar-refractivity contribution in [3.05, 3.63) is 57.0 Å². The van der Waals surface area contributed by atoms with Crippen molar-refractivity contribution >= 4 is 52.3 Å². The Morgan fingerprint density at radius 1 is 1.04 bits per heavy atom. The predicted molar refractivity (Wildman–Crippen MR) is 106 cm³/mol. The molecular weight excluding hydrogens is 415 g/mol. The minimum Gasteiger partial charge on any atom is -0.482 e. The molecule has 0 saturated heterocycles. The molecule has 0 spiro atoms. The predicted octanol–water partition coefficient (Wildman–Crippen LogP) is 4.04. The van der Waals surface area contributed by atoms with Gasteiger partial charge < -0.3 is 20.1 Å². The van der Waals surface area contributed by atoms with Crippen molar-refractivity contribution in [2.24, 2.45) is 0 Å². The van der Waals surface area contributed by atoms with Gasteiger partial charge in [0.05, 0.1) is 32.9 Å². The van der Waals surface area contributed by atoms with Crippen LogP contribution in [0.4, 0.5) is 5.69 Å². The number of nitrogens with one attached hydrogen (secondary N) is 2. The zero-order valence-corrected chi connectivity index (χ0v) is 16.6. The van der Waals surface area contributed by atoms with Crippen molar-refractivity contribution in [1.82, 2.24) is 5.32 Å². The van der Waals surface area contributed by atoms with E-state index in [2.05, 4.69) is 10.6 Å².